The van der Waals surface area contributed by atoms with Crippen molar-refractivity contribution in [1.29, 1.82) is 0 Å². The molecule has 16 heavy (non-hydrogen) atoms. The van der Waals surface area contributed by atoms with Crippen LogP contribution in [0.25, 0.3) is 0 Å². The van der Waals surface area contributed by atoms with Crippen LogP contribution < -0.4 is 5.01 Å². The van der Waals surface area contributed by atoms with E-state index < -0.39 is 9.84 Å². The second-order valence-electron chi connectivity index (χ2n) is 3.82. The molecule has 1 aromatic carbocycles. The fourth-order valence-electron chi connectivity index (χ4n) is 1.87. The first kappa shape index (κ1) is 11.1. The number of benzene rings is 1. The Kier molecular flexibility index (Phi) is 2.91. The number of para-hydroxylation sites is 1. The van der Waals surface area contributed by atoms with E-state index in [0.29, 0.717) is 12.1 Å². The van der Waals surface area contributed by atoms with Gasteiger partial charge in [-0.05, 0) is 18.6 Å². The first-order valence-corrected chi connectivity index (χ1v) is 6.82. The van der Waals surface area contributed by atoms with E-state index in [4.69, 9.17) is 0 Å². The van der Waals surface area contributed by atoms with Crippen molar-refractivity contribution >= 4 is 15.5 Å². The summed E-state index contributed by atoms with van der Waals surface area (Å²) >= 11 is 0. The van der Waals surface area contributed by atoms with E-state index in [1.807, 2.05) is 6.07 Å². The highest BCUT2D eigenvalue weighted by Gasteiger charge is 2.33. The highest BCUT2D eigenvalue weighted by atomic mass is 32.2. The molecule has 5 nitrogen and oxygen atoms in total. The van der Waals surface area contributed by atoms with E-state index in [-0.39, 0.29) is 17.5 Å². The molecule has 86 valence electrons. The van der Waals surface area contributed by atoms with E-state index in [1.54, 1.807) is 24.3 Å². The lowest BCUT2D eigenvalue weighted by molar-refractivity contribution is 0.600. The highest BCUT2D eigenvalue weighted by Crippen LogP contribution is 2.24. The normalized spacial score (nSPS) is 22.9. The molecule has 1 heterocycles. The zero-order chi connectivity index (χ0) is 11.6. The largest absolute Gasteiger partial charge is 0.229 e. The van der Waals surface area contributed by atoms with Crippen LogP contribution >= 0.6 is 0 Å². The molecule has 0 aromatic heterocycles. The first-order chi connectivity index (χ1) is 7.62. The summed E-state index contributed by atoms with van der Waals surface area (Å²) in [5.74, 6) is 0.143. The van der Waals surface area contributed by atoms with Crippen LogP contribution in [0.2, 0.25) is 0 Å². The Balaban J connectivity index is 2.22. The van der Waals surface area contributed by atoms with Crippen LogP contribution in [0.3, 0.4) is 0 Å². The lowest BCUT2D eigenvalue weighted by atomic mass is 10.2. The maximum absolute atomic E-state index is 11.3. The number of nitrogens with zero attached hydrogens (tertiary/aromatic N) is 2. The average molecular weight is 240 g/mol. The Hall–Kier alpha value is -1.43. The van der Waals surface area contributed by atoms with Crippen LogP contribution in [-0.4, -0.2) is 26.0 Å². The summed E-state index contributed by atoms with van der Waals surface area (Å²) in [7, 11) is -3.00. The number of rotatable bonds is 3. The molecular formula is C10H12N2O3S. The molecule has 0 amide bonds. The smallest absolute Gasteiger partial charge is 0.152 e. The number of sulfone groups is 1. The van der Waals surface area contributed by atoms with Gasteiger partial charge in [-0.1, -0.05) is 18.2 Å². The van der Waals surface area contributed by atoms with Gasteiger partial charge in [-0.2, -0.15) is 0 Å². The molecular weight excluding hydrogens is 228 g/mol. The van der Waals surface area contributed by atoms with E-state index in [1.165, 1.54) is 5.01 Å². The molecule has 6 heteroatoms. The van der Waals surface area contributed by atoms with Gasteiger partial charge >= 0.3 is 0 Å². The molecule has 0 radical (unpaired) electrons. The molecule has 0 unspecified atom stereocenters. The van der Waals surface area contributed by atoms with Crippen molar-refractivity contribution in [3.05, 3.63) is 35.2 Å². The van der Waals surface area contributed by atoms with Gasteiger partial charge in [0.2, 0.25) is 0 Å². The molecule has 0 saturated carbocycles. The monoisotopic (exact) mass is 240 g/mol. The summed E-state index contributed by atoms with van der Waals surface area (Å²) in [6.45, 7) is 0. The van der Waals surface area contributed by atoms with E-state index in [2.05, 4.69) is 5.29 Å². The number of hydrogen-bond donors (Lipinski definition) is 0. The minimum Gasteiger partial charge on any atom is -0.229 e. The van der Waals surface area contributed by atoms with Crippen molar-refractivity contribution in [2.24, 2.45) is 5.29 Å². The van der Waals surface area contributed by atoms with Crippen molar-refractivity contribution in [1.82, 2.24) is 0 Å². The molecule has 0 spiro atoms. The Morgan fingerprint density at radius 2 is 1.94 bits per heavy atom. The zero-order valence-electron chi connectivity index (χ0n) is 8.61. The quantitative estimate of drug-likeness (QED) is 0.591. The Morgan fingerprint density at radius 1 is 1.25 bits per heavy atom. The lowest BCUT2D eigenvalue weighted by Gasteiger charge is -2.20. The second-order valence-corrected chi connectivity index (χ2v) is 6.05. The summed E-state index contributed by atoms with van der Waals surface area (Å²) in [5.41, 5.74) is 0.639. The minimum absolute atomic E-state index is 0.00757. The van der Waals surface area contributed by atoms with Crippen LogP contribution in [-0.2, 0) is 9.84 Å². The predicted molar refractivity (Wildman–Crippen MR) is 61.8 cm³/mol. The molecule has 1 aromatic rings. The van der Waals surface area contributed by atoms with Crippen LogP contribution in [0.15, 0.2) is 35.6 Å². The lowest BCUT2D eigenvalue weighted by Crippen LogP contribution is -2.31. The van der Waals surface area contributed by atoms with Gasteiger partial charge in [0.05, 0.1) is 28.5 Å². The zero-order valence-corrected chi connectivity index (χ0v) is 9.43. The molecule has 1 saturated heterocycles. The summed E-state index contributed by atoms with van der Waals surface area (Å²) in [6.07, 6.45) is 0.461. The first-order valence-electron chi connectivity index (χ1n) is 5.00. The summed E-state index contributed by atoms with van der Waals surface area (Å²) in [6, 6.07) is 8.56. The molecule has 0 aliphatic carbocycles. The van der Waals surface area contributed by atoms with Crippen molar-refractivity contribution in [3.63, 3.8) is 0 Å². The molecule has 1 aliphatic rings. The average Bonchev–Trinajstić information content (AvgIpc) is 2.62. The summed E-state index contributed by atoms with van der Waals surface area (Å²) < 4.78 is 22.6. The Bertz CT molecular complexity index is 472. The summed E-state index contributed by atoms with van der Waals surface area (Å²) in [5, 5.41) is 4.18. The van der Waals surface area contributed by atoms with Gasteiger partial charge in [0, 0.05) is 0 Å². The topological polar surface area (TPSA) is 66.8 Å². The third-order valence-electron chi connectivity index (χ3n) is 2.66. The standard InChI is InChI=1S/C10H12N2O3S/c13-11-12(9-4-2-1-3-5-9)10-6-7-16(14,15)8-10/h1-5,10H,6-8H2/t10-/m0/s1. The van der Waals surface area contributed by atoms with Crippen LogP contribution in [0.5, 0.6) is 0 Å². The van der Waals surface area contributed by atoms with Crippen LogP contribution in [0.1, 0.15) is 6.42 Å². The maximum atomic E-state index is 11.3. The van der Waals surface area contributed by atoms with Gasteiger partial charge in [0.25, 0.3) is 0 Å². The number of hydrogen-bond acceptors (Lipinski definition) is 4. The fourth-order valence-corrected chi connectivity index (χ4v) is 3.57. The van der Waals surface area contributed by atoms with Gasteiger partial charge in [0.15, 0.2) is 9.84 Å². The molecule has 1 atom stereocenters. The minimum atomic E-state index is -3.00. The van der Waals surface area contributed by atoms with E-state index in [0.717, 1.165) is 0 Å². The molecule has 0 bridgehead atoms. The number of nitroso groups, excluding NO2 is 1. The number of anilines is 1. The van der Waals surface area contributed by atoms with Crippen molar-refractivity contribution in [2.45, 2.75) is 12.5 Å². The SMILES string of the molecule is O=NN(c1ccccc1)[C@H]1CCS(=O)(=O)C1. The van der Waals surface area contributed by atoms with Gasteiger partial charge in [0.1, 0.15) is 0 Å². The Morgan fingerprint density at radius 3 is 2.44 bits per heavy atom. The van der Waals surface area contributed by atoms with Crippen LogP contribution in [0, 0.1) is 4.91 Å². The predicted octanol–water partition coefficient (Wildman–Crippen LogP) is 1.36. The maximum Gasteiger partial charge on any atom is 0.152 e. The van der Waals surface area contributed by atoms with Gasteiger partial charge < -0.3 is 0 Å². The Labute approximate surface area is 93.9 Å². The van der Waals surface area contributed by atoms with E-state index >= 15 is 0 Å². The second kappa shape index (κ2) is 4.21. The fraction of sp³-hybridized carbons (Fsp3) is 0.400. The van der Waals surface area contributed by atoms with Crippen molar-refractivity contribution < 1.29 is 8.42 Å². The van der Waals surface area contributed by atoms with Gasteiger partial charge in [-0.25, -0.2) is 13.4 Å². The molecule has 2 rings (SSSR count). The molecule has 0 N–H and O–H groups in total. The van der Waals surface area contributed by atoms with Gasteiger partial charge in [-0.15, -0.1) is 4.91 Å². The van der Waals surface area contributed by atoms with E-state index in [9.17, 15) is 13.3 Å². The third-order valence-corrected chi connectivity index (χ3v) is 4.41. The van der Waals surface area contributed by atoms with Gasteiger partial charge in [-0.3, -0.25) is 0 Å². The molecule has 1 aliphatic heterocycles. The van der Waals surface area contributed by atoms with Crippen molar-refractivity contribution in [2.75, 3.05) is 16.5 Å². The molecule has 1 fully saturated rings. The van der Waals surface area contributed by atoms with Crippen molar-refractivity contribution in [3.8, 4) is 0 Å². The third kappa shape index (κ3) is 2.21. The summed E-state index contributed by atoms with van der Waals surface area (Å²) in [4.78, 5) is 10.8. The highest BCUT2D eigenvalue weighted by molar-refractivity contribution is 7.91. The van der Waals surface area contributed by atoms with Crippen LogP contribution in [0.4, 0.5) is 5.69 Å².